The molecule has 0 spiro atoms. The van der Waals surface area contributed by atoms with Crippen molar-refractivity contribution in [3.05, 3.63) is 88.0 Å². The second-order valence-electron chi connectivity index (χ2n) is 10.1. The number of benzene rings is 2. The lowest BCUT2D eigenvalue weighted by molar-refractivity contribution is -0.130. The standard InChI is InChI=1S/C31H33N7O4S/c1-2-26(39)38-25(15-19-7-3-4-9-22(19)29-32-11-12-33-29)30(42)36-18-27(40)37-24(28(41)31-34-13-14-43-31)16-20-17-35-23-10-6-5-8-21(20)23/h3-10,13-14,17,24-25,35H,2,11-12,15-16,18H2,1H3,(H,32,33)(H,36,42)(H,37,40)(H,38,39). The van der Waals surface area contributed by atoms with E-state index in [1.54, 1.807) is 18.5 Å². The zero-order valence-corrected chi connectivity index (χ0v) is 24.5. The van der Waals surface area contributed by atoms with E-state index in [2.05, 4.69) is 36.2 Å². The Morgan fingerprint density at radius 2 is 1.72 bits per heavy atom. The molecule has 4 aromatic rings. The van der Waals surface area contributed by atoms with Crippen LogP contribution in [0.15, 0.2) is 71.3 Å². The van der Waals surface area contributed by atoms with E-state index in [9.17, 15) is 19.2 Å². The first kappa shape index (κ1) is 29.6. The summed E-state index contributed by atoms with van der Waals surface area (Å²) in [6.45, 7) is 2.74. The molecule has 5 N–H and O–H groups in total. The van der Waals surface area contributed by atoms with Crippen molar-refractivity contribution in [2.75, 3.05) is 19.6 Å². The normalized spacial score (nSPS) is 13.9. The van der Waals surface area contributed by atoms with Gasteiger partial charge in [-0.15, -0.1) is 11.3 Å². The van der Waals surface area contributed by atoms with Crippen molar-refractivity contribution in [2.24, 2.45) is 4.99 Å². The monoisotopic (exact) mass is 599 g/mol. The summed E-state index contributed by atoms with van der Waals surface area (Å²) >= 11 is 1.20. The zero-order valence-electron chi connectivity index (χ0n) is 23.7. The summed E-state index contributed by atoms with van der Waals surface area (Å²) in [5.41, 5.74) is 3.50. The fourth-order valence-corrected chi connectivity index (χ4v) is 5.62. The van der Waals surface area contributed by atoms with Crippen LogP contribution in [0, 0.1) is 0 Å². The van der Waals surface area contributed by atoms with E-state index in [4.69, 9.17) is 0 Å². The largest absolute Gasteiger partial charge is 0.368 e. The number of fused-ring (bicyclic) bond motifs is 1. The van der Waals surface area contributed by atoms with Crippen molar-refractivity contribution >= 4 is 51.6 Å². The average molecular weight is 600 g/mol. The van der Waals surface area contributed by atoms with Gasteiger partial charge >= 0.3 is 0 Å². The van der Waals surface area contributed by atoms with E-state index in [0.717, 1.165) is 40.0 Å². The highest BCUT2D eigenvalue weighted by molar-refractivity contribution is 7.11. The van der Waals surface area contributed by atoms with Crippen LogP contribution < -0.4 is 21.3 Å². The van der Waals surface area contributed by atoms with Gasteiger partial charge in [0, 0.05) is 60.0 Å². The molecular formula is C31H33N7O4S. The predicted octanol–water partition coefficient (Wildman–Crippen LogP) is 2.14. The summed E-state index contributed by atoms with van der Waals surface area (Å²) in [4.78, 5) is 63.9. The van der Waals surface area contributed by atoms with Gasteiger partial charge in [0.05, 0.1) is 19.1 Å². The van der Waals surface area contributed by atoms with Gasteiger partial charge < -0.3 is 26.3 Å². The number of Topliss-reactive ketones (excluding diaryl/α,β-unsaturated/α-hetero) is 1. The maximum absolute atomic E-state index is 13.3. The molecular weight excluding hydrogens is 566 g/mol. The van der Waals surface area contributed by atoms with Gasteiger partial charge in [-0.3, -0.25) is 24.2 Å². The predicted molar refractivity (Wildman–Crippen MR) is 165 cm³/mol. The third-order valence-corrected chi connectivity index (χ3v) is 7.95. The minimum absolute atomic E-state index is 0.203. The lowest BCUT2D eigenvalue weighted by Gasteiger charge is -2.21. The number of aliphatic imine (C=N–C) groups is 1. The molecule has 0 saturated heterocycles. The van der Waals surface area contributed by atoms with Crippen LogP contribution in [0.1, 0.15) is 39.8 Å². The lowest BCUT2D eigenvalue weighted by Crippen LogP contribution is -2.51. The van der Waals surface area contributed by atoms with Crippen molar-refractivity contribution in [1.82, 2.24) is 31.2 Å². The molecule has 0 aliphatic carbocycles. The van der Waals surface area contributed by atoms with Crippen molar-refractivity contribution in [2.45, 2.75) is 38.3 Å². The molecule has 2 atom stereocenters. The number of ketones is 1. The smallest absolute Gasteiger partial charge is 0.243 e. The number of hydrogen-bond acceptors (Lipinski definition) is 8. The number of carbonyl (C=O) groups excluding carboxylic acids is 4. The van der Waals surface area contributed by atoms with Crippen LogP contribution in [0.2, 0.25) is 0 Å². The number of hydrogen-bond donors (Lipinski definition) is 5. The number of amides is 3. The van der Waals surface area contributed by atoms with Gasteiger partial charge in [0.1, 0.15) is 11.9 Å². The molecule has 2 unspecified atom stereocenters. The summed E-state index contributed by atoms with van der Waals surface area (Å²) in [6, 6.07) is 13.5. The van der Waals surface area contributed by atoms with E-state index >= 15 is 0 Å². The van der Waals surface area contributed by atoms with Crippen LogP contribution in [-0.2, 0) is 27.2 Å². The van der Waals surface area contributed by atoms with E-state index in [-0.39, 0.29) is 42.5 Å². The van der Waals surface area contributed by atoms with Crippen LogP contribution in [-0.4, -0.2) is 71.0 Å². The molecule has 2 aromatic heterocycles. The van der Waals surface area contributed by atoms with E-state index in [0.29, 0.717) is 6.54 Å². The highest BCUT2D eigenvalue weighted by Gasteiger charge is 2.27. The van der Waals surface area contributed by atoms with Crippen LogP contribution in [0.25, 0.3) is 10.9 Å². The Morgan fingerprint density at radius 1 is 0.953 bits per heavy atom. The third-order valence-electron chi connectivity index (χ3n) is 7.16. The van der Waals surface area contributed by atoms with Crippen LogP contribution in [0.3, 0.4) is 0 Å². The molecule has 11 nitrogen and oxygen atoms in total. The van der Waals surface area contributed by atoms with Crippen molar-refractivity contribution < 1.29 is 19.2 Å². The van der Waals surface area contributed by atoms with Gasteiger partial charge in [-0.05, 0) is 17.2 Å². The van der Waals surface area contributed by atoms with Crippen LogP contribution in [0.4, 0.5) is 0 Å². The molecule has 43 heavy (non-hydrogen) atoms. The molecule has 0 fully saturated rings. The van der Waals surface area contributed by atoms with E-state index in [1.165, 1.54) is 11.3 Å². The van der Waals surface area contributed by atoms with Gasteiger partial charge in [-0.25, -0.2) is 4.98 Å². The third kappa shape index (κ3) is 7.33. The second kappa shape index (κ2) is 13.9. The summed E-state index contributed by atoms with van der Waals surface area (Å²) in [5, 5.41) is 14.4. The fraction of sp³-hybridized carbons (Fsp3) is 0.290. The number of nitrogens with zero attached hydrogens (tertiary/aromatic N) is 2. The minimum atomic E-state index is -0.914. The van der Waals surface area contributed by atoms with Crippen molar-refractivity contribution in [1.29, 1.82) is 0 Å². The Balaban J connectivity index is 1.27. The zero-order chi connectivity index (χ0) is 30.2. The first-order chi connectivity index (χ1) is 20.9. The number of rotatable bonds is 13. The van der Waals surface area contributed by atoms with Gasteiger partial charge in [0.25, 0.3) is 0 Å². The average Bonchev–Trinajstić information content (AvgIpc) is 3.82. The second-order valence-corrected chi connectivity index (χ2v) is 11.0. The number of aromatic amines is 1. The molecule has 1 aliphatic heterocycles. The number of nitrogens with one attached hydrogen (secondary N) is 5. The number of H-pyrrole nitrogens is 1. The molecule has 5 rings (SSSR count). The fourth-order valence-electron chi connectivity index (χ4n) is 4.99. The molecule has 12 heteroatoms. The molecule has 222 valence electrons. The van der Waals surface area contributed by atoms with Gasteiger partial charge in [0.2, 0.25) is 23.5 Å². The summed E-state index contributed by atoms with van der Waals surface area (Å²) in [7, 11) is 0. The summed E-state index contributed by atoms with van der Waals surface area (Å²) in [6.07, 6.45) is 4.02. The van der Waals surface area contributed by atoms with Crippen LogP contribution >= 0.6 is 11.3 Å². The first-order valence-corrected chi connectivity index (χ1v) is 15.0. The summed E-state index contributed by atoms with van der Waals surface area (Å²) in [5.74, 6) is -0.887. The topological polar surface area (TPSA) is 157 Å². The highest BCUT2D eigenvalue weighted by atomic mass is 32.1. The van der Waals surface area contributed by atoms with Gasteiger partial charge in [-0.1, -0.05) is 49.4 Å². The highest BCUT2D eigenvalue weighted by Crippen LogP contribution is 2.21. The number of aromatic nitrogens is 2. The van der Waals surface area contributed by atoms with Gasteiger partial charge in [0.15, 0.2) is 5.01 Å². The van der Waals surface area contributed by atoms with Crippen molar-refractivity contribution in [3.8, 4) is 0 Å². The van der Waals surface area contributed by atoms with E-state index in [1.807, 2.05) is 54.7 Å². The quantitative estimate of drug-likeness (QED) is 0.148. The Morgan fingerprint density at radius 3 is 2.49 bits per heavy atom. The number of thiazole rings is 1. The van der Waals surface area contributed by atoms with Crippen LogP contribution in [0.5, 0.6) is 0 Å². The SMILES string of the molecule is CCC(=O)NC(Cc1ccccc1C1=NCCN1)C(=O)NCC(=O)NC(Cc1c[nH]c2ccccc12)C(=O)c1nccs1. The maximum Gasteiger partial charge on any atom is 0.243 e. The van der Waals surface area contributed by atoms with Gasteiger partial charge in [-0.2, -0.15) is 0 Å². The minimum Gasteiger partial charge on any atom is -0.368 e. The molecule has 0 saturated carbocycles. The number of amidine groups is 1. The Labute approximate surface area is 252 Å². The maximum atomic E-state index is 13.3. The number of para-hydroxylation sites is 1. The molecule has 3 amide bonds. The lowest BCUT2D eigenvalue weighted by atomic mass is 9.98. The Hall–Kier alpha value is -4.84. The molecule has 0 radical (unpaired) electrons. The summed E-state index contributed by atoms with van der Waals surface area (Å²) < 4.78 is 0. The molecule has 2 aromatic carbocycles. The molecule has 0 bridgehead atoms. The van der Waals surface area contributed by atoms with E-state index < -0.39 is 23.9 Å². The molecule has 1 aliphatic rings. The Kier molecular flexibility index (Phi) is 9.57. The first-order valence-electron chi connectivity index (χ1n) is 14.1. The molecule has 3 heterocycles. The Bertz CT molecular complexity index is 1650. The number of carbonyl (C=O) groups is 4. The van der Waals surface area contributed by atoms with Crippen molar-refractivity contribution in [3.63, 3.8) is 0 Å².